The number of halogens is 1. The second kappa shape index (κ2) is 7.52. The van der Waals surface area contributed by atoms with Gasteiger partial charge in [-0.1, -0.05) is 11.6 Å². The summed E-state index contributed by atoms with van der Waals surface area (Å²) in [6.45, 7) is 1.62. The van der Waals surface area contributed by atoms with Gasteiger partial charge in [0.25, 0.3) is 11.8 Å². The molecule has 7 nitrogen and oxygen atoms in total. The molecule has 8 heteroatoms. The molecule has 0 radical (unpaired) electrons. The van der Waals surface area contributed by atoms with E-state index < -0.39 is 11.5 Å². The van der Waals surface area contributed by atoms with Crippen LogP contribution in [-0.4, -0.2) is 47.8 Å². The van der Waals surface area contributed by atoms with Crippen LogP contribution in [0.2, 0.25) is 5.02 Å². The van der Waals surface area contributed by atoms with Crippen LogP contribution in [0.4, 0.5) is 0 Å². The molecule has 0 aliphatic carbocycles. The van der Waals surface area contributed by atoms with E-state index in [2.05, 4.69) is 0 Å². The third-order valence-electron chi connectivity index (χ3n) is 4.73. The lowest BCUT2D eigenvalue weighted by atomic mass is 10.1. The van der Waals surface area contributed by atoms with Crippen LogP contribution in [0.1, 0.15) is 27.3 Å². The summed E-state index contributed by atoms with van der Waals surface area (Å²) in [5.74, 6) is -0.353. The van der Waals surface area contributed by atoms with Crippen LogP contribution in [0, 0.1) is 0 Å². The summed E-state index contributed by atoms with van der Waals surface area (Å²) in [7, 11) is 0. The second-order valence-corrected chi connectivity index (χ2v) is 6.98. The van der Waals surface area contributed by atoms with Gasteiger partial charge in [0.2, 0.25) is 0 Å². The smallest absolute Gasteiger partial charge is 0.349 e. The molecule has 0 N–H and O–H groups in total. The molecule has 2 amide bonds. The van der Waals surface area contributed by atoms with Gasteiger partial charge in [-0.15, -0.1) is 0 Å². The zero-order valence-electron chi connectivity index (χ0n) is 14.9. The Morgan fingerprint density at radius 2 is 1.71 bits per heavy atom. The Labute approximate surface area is 165 Å². The van der Waals surface area contributed by atoms with E-state index in [-0.39, 0.29) is 17.2 Å². The van der Waals surface area contributed by atoms with Crippen LogP contribution < -0.4 is 5.63 Å². The lowest BCUT2D eigenvalue weighted by molar-refractivity contribution is 0.0698. The van der Waals surface area contributed by atoms with Crippen LogP contribution in [0.25, 0.3) is 11.0 Å². The number of amides is 2. The average molecular weight is 401 g/mol. The highest BCUT2D eigenvalue weighted by atomic mass is 35.5. The number of hydrogen-bond donors (Lipinski definition) is 0. The zero-order valence-corrected chi connectivity index (χ0v) is 15.6. The lowest BCUT2D eigenvalue weighted by Crippen LogP contribution is -2.38. The van der Waals surface area contributed by atoms with Gasteiger partial charge in [0, 0.05) is 36.6 Å². The fourth-order valence-electron chi connectivity index (χ4n) is 3.29. The Balaban J connectivity index is 1.54. The monoisotopic (exact) mass is 400 g/mol. The highest BCUT2D eigenvalue weighted by Crippen LogP contribution is 2.20. The Bertz CT molecular complexity index is 1090. The van der Waals surface area contributed by atoms with Crippen LogP contribution in [-0.2, 0) is 0 Å². The second-order valence-electron chi connectivity index (χ2n) is 6.54. The van der Waals surface area contributed by atoms with Crippen molar-refractivity contribution in [2.75, 3.05) is 26.2 Å². The van der Waals surface area contributed by atoms with Crippen molar-refractivity contribution in [2.24, 2.45) is 0 Å². The van der Waals surface area contributed by atoms with Gasteiger partial charge in [-0.25, -0.2) is 4.79 Å². The number of benzene rings is 1. The molecule has 0 atom stereocenters. The van der Waals surface area contributed by atoms with E-state index in [4.69, 9.17) is 20.4 Å². The van der Waals surface area contributed by atoms with Crippen molar-refractivity contribution in [2.45, 2.75) is 6.42 Å². The first kappa shape index (κ1) is 18.3. The maximum absolute atomic E-state index is 12.9. The van der Waals surface area contributed by atoms with Crippen LogP contribution in [0.15, 0.2) is 56.3 Å². The van der Waals surface area contributed by atoms with E-state index in [9.17, 15) is 14.4 Å². The largest absolute Gasteiger partial charge is 0.459 e. The molecule has 1 aromatic carbocycles. The number of nitrogens with zero attached hydrogens (tertiary/aromatic N) is 2. The Morgan fingerprint density at radius 3 is 2.43 bits per heavy atom. The fraction of sp³-hybridized carbons (Fsp3) is 0.250. The van der Waals surface area contributed by atoms with Crippen molar-refractivity contribution in [3.63, 3.8) is 0 Å². The van der Waals surface area contributed by atoms with Gasteiger partial charge >= 0.3 is 5.63 Å². The Kier molecular flexibility index (Phi) is 4.92. The fourth-order valence-corrected chi connectivity index (χ4v) is 3.47. The molecule has 0 bridgehead atoms. The highest BCUT2D eigenvalue weighted by Gasteiger charge is 2.26. The molecule has 2 aromatic heterocycles. The number of fused-ring (bicyclic) bond motifs is 1. The minimum Gasteiger partial charge on any atom is -0.459 e. The van der Waals surface area contributed by atoms with Crippen molar-refractivity contribution in [1.82, 2.24) is 9.80 Å². The minimum absolute atomic E-state index is 0.0411. The first-order valence-corrected chi connectivity index (χ1v) is 9.26. The molecule has 4 rings (SSSR count). The lowest BCUT2D eigenvalue weighted by Gasteiger charge is -2.21. The topological polar surface area (TPSA) is 84.0 Å². The summed E-state index contributed by atoms with van der Waals surface area (Å²) in [6.07, 6.45) is 2.05. The van der Waals surface area contributed by atoms with Crippen LogP contribution >= 0.6 is 11.6 Å². The molecular weight excluding hydrogens is 384 g/mol. The molecule has 144 valence electrons. The highest BCUT2D eigenvalue weighted by molar-refractivity contribution is 6.31. The normalized spacial score (nSPS) is 14.9. The molecule has 1 fully saturated rings. The minimum atomic E-state index is -0.687. The van der Waals surface area contributed by atoms with Crippen molar-refractivity contribution in [3.8, 4) is 0 Å². The number of furan rings is 1. The molecule has 3 aromatic rings. The summed E-state index contributed by atoms with van der Waals surface area (Å²) in [4.78, 5) is 40.9. The average Bonchev–Trinajstić information content (AvgIpc) is 3.11. The summed E-state index contributed by atoms with van der Waals surface area (Å²) >= 11 is 5.99. The van der Waals surface area contributed by atoms with Crippen molar-refractivity contribution in [3.05, 3.63) is 69.4 Å². The maximum atomic E-state index is 12.9. The number of rotatable bonds is 2. The summed E-state index contributed by atoms with van der Waals surface area (Å²) in [5.41, 5.74) is -0.356. The third kappa shape index (κ3) is 3.53. The predicted molar refractivity (Wildman–Crippen MR) is 103 cm³/mol. The molecule has 28 heavy (non-hydrogen) atoms. The third-order valence-corrected chi connectivity index (χ3v) is 4.96. The van der Waals surface area contributed by atoms with Gasteiger partial charge in [-0.05, 0) is 42.8 Å². The van der Waals surface area contributed by atoms with Crippen molar-refractivity contribution >= 4 is 34.4 Å². The Morgan fingerprint density at radius 1 is 0.964 bits per heavy atom. The first-order chi connectivity index (χ1) is 13.5. The first-order valence-electron chi connectivity index (χ1n) is 8.88. The van der Waals surface area contributed by atoms with E-state index in [1.807, 2.05) is 0 Å². The molecule has 1 aliphatic heterocycles. The molecule has 1 aliphatic rings. The van der Waals surface area contributed by atoms with Gasteiger partial charge in [0.1, 0.15) is 11.1 Å². The van der Waals surface area contributed by atoms with E-state index in [1.54, 1.807) is 40.1 Å². The summed E-state index contributed by atoms with van der Waals surface area (Å²) in [6, 6.07) is 9.63. The van der Waals surface area contributed by atoms with E-state index in [0.717, 1.165) is 0 Å². The SMILES string of the molecule is O=C(c1ccco1)N1CCCN(C(=O)c2cc3cc(Cl)ccc3oc2=O)CC1. The number of carbonyl (C=O) groups is 2. The predicted octanol–water partition coefficient (Wildman–Crippen LogP) is 3.03. The molecule has 3 heterocycles. The standard InChI is InChI=1S/C20H17ClN2O5/c21-14-4-5-16-13(11-14)12-15(20(26)28-16)18(24)22-6-2-7-23(9-8-22)19(25)17-3-1-10-27-17/h1,3-5,10-12H,2,6-9H2. The summed E-state index contributed by atoms with van der Waals surface area (Å²) < 4.78 is 10.4. The quantitative estimate of drug-likeness (QED) is 0.617. The van der Waals surface area contributed by atoms with E-state index in [1.165, 1.54) is 12.3 Å². The van der Waals surface area contributed by atoms with Gasteiger partial charge in [0.15, 0.2) is 5.76 Å². The van der Waals surface area contributed by atoms with Gasteiger partial charge in [0.05, 0.1) is 6.26 Å². The molecule has 0 spiro atoms. The molecule has 0 saturated carbocycles. The van der Waals surface area contributed by atoms with Crippen LogP contribution in [0.5, 0.6) is 0 Å². The Hall–Kier alpha value is -3.06. The van der Waals surface area contributed by atoms with Crippen LogP contribution in [0.3, 0.4) is 0 Å². The van der Waals surface area contributed by atoms with Gasteiger partial charge < -0.3 is 18.6 Å². The van der Waals surface area contributed by atoms with Gasteiger partial charge in [-0.3, -0.25) is 9.59 Å². The van der Waals surface area contributed by atoms with Crippen molar-refractivity contribution < 1.29 is 18.4 Å². The van der Waals surface area contributed by atoms with E-state index in [0.29, 0.717) is 48.6 Å². The number of carbonyl (C=O) groups excluding carboxylic acids is 2. The molecule has 1 saturated heterocycles. The van der Waals surface area contributed by atoms with E-state index >= 15 is 0 Å². The summed E-state index contributed by atoms with van der Waals surface area (Å²) in [5, 5.41) is 1.07. The maximum Gasteiger partial charge on any atom is 0.349 e. The molecule has 0 unspecified atom stereocenters. The number of hydrogen-bond acceptors (Lipinski definition) is 5. The molecular formula is C20H17ClN2O5. The zero-order chi connectivity index (χ0) is 19.7. The van der Waals surface area contributed by atoms with Gasteiger partial charge in [-0.2, -0.15) is 0 Å². The van der Waals surface area contributed by atoms with Crippen molar-refractivity contribution in [1.29, 1.82) is 0 Å².